The molecule has 6 heteroatoms. The van der Waals surface area contributed by atoms with E-state index < -0.39 is 0 Å². The van der Waals surface area contributed by atoms with Crippen LogP contribution >= 0.6 is 0 Å². The quantitative estimate of drug-likeness (QED) is 0.564. The van der Waals surface area contributed by atoms with Gasteiger partial charge in [-0.05, 0) is 37.3 Å². The highest BCUT2D eigenvalue weighted by molar-refractivity contribution is 6.04. The fourth-order valence-corrected chi connectivity index (χ4v) is 3.76. The number of urea groups is 1. The lowest BCUT2D eigenvalue weighted by Crippen LogP contribution is -2.39. The van der Waals surface area contributed by atoms with E-state index in [0.29, 0.717) is 25.9 Å². The summed E-state index contributed by atoms with van der Waals surface area (Å²) in [6.45, 7) is 4.99. The highest BCUT2D eigenvalue weighted by Crippen LogP contribution is 2.30. The Kier molecular flexibility index (Phi) is 6.14. The van der Waals surface area contributed by atoms with Crippen LogP contribution in [0.15, 0.2) is 24.3 Å². The maximum absolute atomic E-state index is 12.7. The van der Waals surface area contributed by atoms with Crippen LogP contribution in [0.2, 0.25) is 0 Å². The number of carbonyl (C=O) groups is 3. The Hall–Kier alpha value is -2.37. The van der Waals surface area contributed by atoms with Gasteiger partial charge >= 0.3 is 6.03 Å². The lowest BCUT2D eigenvalue weighted by molar-refractivity contribution is -0.128. The van der Waals surface area contributed by atoms with Gasteiger partial charge in [-0.1, -0.05) is 37.6 Å². The van der Waals surface area contributed by atoms with E-state index in [2.05, 4.69) is 5.32 Å². The van der Waals surface area contributed by atoms with Crippen molar-refractivity contribution in [2.24, 2.45) is 0 Å². The first-order valence-electron chi connectivity index (χ1n) is 9.99. The first kappa shape index (κ1) is 19.4. The molecular weight excluding hydrogens is 342 g/mol. The largest absolute Gasteiger partial charge is 0.354 e. The van der Waals surface area contributed by atoms with Gasteiger partial charge in [0, 0.05) is 32.0 Å². The summed E-state index contributed by atoms with van der Waals surface area (Å²) >= 11 is 0. The first-order valence-corrected chi connectivity index (χ1v) is 9.99. The second kappa shape index (κ2) is 8.55. The van der Waals surface area contributed by atoms with E-state index in [9.17, 15) is 14.4 Å². The Morgan fingerprint density at radius 2 is 1.93 bits per heavy atom. The zero-order valence-corrected chi connectivity index (χ0v) is 16.2. The predicted octanol–water partition coefficient (Wildman–Crippen LogP) is 2.85. The van der Waals surface area contributed by atoms with Crippen LogP contribution in [0.1, 0.15) is 57.1 Å². The molecule has 0 unspecified atom stereocenters. The predicted molar refractivity (Wildman–Crippen MR) is 103 cm³/mol. The van der Waals surface area contributed by atoms with Gasteiger partial charge in [-0.15, -0.1) is 0 Å². The summed E-state index contributed by atoms with van der Waals surface area (Å²) in [6, 6.07) is 7.69. The van der Waals surface area contributed by atoms with Crippen molar-refractivity contribution in [2.75, 3.05) is 6.54 Å². The molecule has 27 heavy (non-hydrogen) atoms. The number of rotatable bonds is 8. The fourth-order valence-electron chi connectivity index (χ4n) is 3.76. The number of amides is 4. The molecule has 2 heterocycles. The maximum Gasteiger partial charge on any atom is 0.327 e. The van der Waals surface area contributed by atoms with Crippen LogP contribution in [0.3, 0.4) is 0 Å². The number of carbonyl (C=O) groups excluding carboxylic acids is 3. The van der Waals surface area contributed by atoms with Crippen LogP contribution in [0.4, 0.5) is 4.79 Å². The fraction of sp³-hybridized carbons (Fsp3) is 0.571. The molecule has 1 saturated heterocycles. The molecule has 146 valence electrons. The second-order valence-electron chi connectivity index (χ2n) is 7.58. The van der Waals surface area contributed by atoms with E-state index in [1.54, 1.807) is 4.90 Å². The van der Waals surface area contributed by atoms with Gasteiger partial charge in [0.05, 0.1) is 0 Å². The minimum absolute atomic E-state index is 0.0765. The van der Waals surface area contributed by atoms with Gasteiger partial charge in [0.15, 0.2) is 0 Å². The molecule has 2 atom stereocenters. The number of nitrogens with zero attached hydrogens (tertiary/aromatic N) is 2. The average Bonchev–Trinajstić information content (AvgIpc) is 2.90. The summed E-state index contributed by atoms with van der Waals surface area (Å²) in [6.07, 6.45) is 4.37. The van der Waals surface area contributed by atoms with Crippen LogP contribution in [0.25, 0.3) is 0 Å². The highest BCUT2D eigenvalue weighted by Gasteiger charge is 2.46. The number of fused-ring (bicyclic) bond motifs is 2. The molecule has 0 saturated carbocycles. The molecule has 1 fully saturated rings. The smallest absolute Gasteiger partial charge is 0.327 e. The van der Waals surface area contributed by atoms with Gasteiger partial charge in [0.25, 0.3) is 5.91 Å². The van der Waals surface area contributed by atoms with Crippen LogP contribution in [-0.2, 0) is 22.6 Å². The van der Waals surface area contributed by atoms with Crippen LogP contribution in [0.5, 0.6) is 0 Å². The van der Waals surface area contributed by atoms with Crippen molar-refractivity contribution in [1.29, 1.82) is 0 Å². The van der Waals surface area contributed by atoms with Gasteiger partial charge in [-0.25, -0.2) is 4.79 Å². The Morgan fingerprint density at radius 1 is 1.19 bits per heavy atom. The van der Waals surface area contributed by atoms with E-state index in [4.69, 9.17) is 0 Å². The van der Waals surface area contributed by atoms with Crippen LogP contribution in [0, 0.1) is 0 Å². The highest BCUT2D eigenvalue weighted by atomic mass is 16.2. The van der Waals surface area contributed by atoms with E-state index in [1.165, 1.54) is 4.90 Å². The Balaban J connectivity index is 1.45. The van der Waals surface area contributed by atoms with Crippen molar-refractivity contribution in [1.82, 2.24) is 15.1 Å². The molecule has 0 radical (unpaired) electrons. The second-order valence-corrected chi connectivity index (χ2v) is 7.58. The standard InChI is InChI=1S/C21H29N3O3/c1-3-15(2)22-19(25)11-5-4-8-12-23-20(26)18-13-16-9-6-7-10-17(16)14-24(18)21(23)27/h6-7,9-10,15,18H,3-5,8,11-14H2,1-2H3,(H,22,25)/t15-,18+/m1/s1. The Morgan fingerprint density at radius 3 is 2.67 bits per heavy atom. The topological polar surface area (TPSA) is 69.7 Å². The summed E-state index contributed by atoms with van der Waals surface area (Å²) in [5, 5.41) is 2.95. The molecule has 4 amide bonds. The number of hydrogen-bond donors (Lipinski definition) is 1. The first-order chi connectivity index (χ1) is 13.0. The minimum atomic E-state index is -0.353. The van der Waals surface area contributed by atoms with Gasteiger partial charge < -0.3 is 10.2 Å². The molecule has 2 aliphatic rings. The van der Waals surface area contributed by atoms with Gasteiger partial charge in [0.1, 0.15) is 6.04 Å². The van der Waals surface area contributed by atoms with Gasteiger partial charge in [0.2, 0.25) is 5.91 Å². The third-order valence-corrected chi connectivity index (χ3v) is 5.58. The zero-order chi connectivity index (χ0) is 19.4. The number of hydrogen-bond acceptors (Lipinski definition) is 3. The van der Waals surface area contributed by atoms with Crippen molar-refractivity contribution in [3.63, 3.8) is 0 Å². The molecule has 3 rings (SSSR count). The third-order valence-electron chi connectivity index (χ3n) is 5.58. The van der Waals surface area contributed by atoms with Crippen molar-refractivity contribution < 1.29 is 14.4 Å². The minimum Gasteiger partial charge on any atom is -0.354 e. The Labute approximate surface area is 160 Å². The monoisotopic (exact) mass is 371 g/mol. The summed E-state index contributed by atoms with van der Waals surface area (Å²) in [5.41, 5.74) is 2.29. The van der Waals surface area contributed by atoms with Crippen molar-refractivity contribution >= 4 is 17.8 Å². The van der Waals surface area contributed by atoms with E-state index in [1.807, 2.05) is 38.1 Å². The molecule has 6 nitrogen and oxygen atoms in total. The lowest BCUT2D eigenvalue weighted by atomic mass is 9.95. The van der Waals surface area contributed by atoms with Crippen molar-refractivity contribution in [3.8, 4) is 0 Å². The molecular formula is C21H29N3O3. The molecule has 1 aromatic carbocycles. The molecule has 0 aromatic heterocycles. The zero-order valence-electron chi connectivity index (χ0n) is 16.2. The SMILES string of the molecule is CC[C@@H](C)NC(=O)CCCCCN1C(=O)[C@@H]2Cc3ccccc3CN2C1=O. The Bertz CT molecular complexity index is 675. The van der Waals surface area contributed by atoms with E-state index in [0.717, 1.165) is 36.8 Å². The molecule has 2 aliphatic heterocycles. The summed E-state index contributed by atoms with van der Waals surface area (Å²) in [4.78, 5) is 40.2. The maximum atomic E-state index is 12.7. The normalized spacial score (nSPS) is 19.7. The van der Waals surface area contributed by atoms with Crippen LogP contribution < -0.4 is 5.32 Å². The van der Waals surface area contributed by atoms with E-state index >= 15 is 0 Å². The third kappa shape index (κ3) is 4.31. The molecule has 1 aromatic rings. The number of imide groups is 1. The average molecular weight is 371 g/mol. The van der Waals surface area contributed by atoms with Crippen molar-refractivity contribution in [2.45, 2.75) is 71.0 Å². The summed E-state index contributed by atoms with van der Waals surface area (Å²) in [5.74, 6) is -0.00316. The molecule has 0 bridgehead atoms. The molecule has 1 N–H and O–H groups in total. The summed E-state index contributed by atoms with van der Waals surface area (Å²) in [7, 11) is 0. The molecule has 0 spiro atoms. The van der Waals surface area contributed by atoms with Crippen LogP contribution in [-0.4, -0.2) is 46.3 Å². The van der Waals surface area contributed by atoms with Crippen molar-refractivity contribution in [3.05, 3.63) is 35.4 Å². The van der Waals surface area contributed by atoms with Gasteiger partial charge in [-0.3, -0.25) is 14.5 Å². The summed E-state index contributed by atoms with van der Waals surface area (Å²) < 4.78 is 0. The number of benzene rings is 1. The molecule has 0 aliphatic carbocycles. The van der Waals surface area contributed by atoms with E-state index in [-0.39, 0.29) is 29.9 Å². The number of nitrogens with one attached hydrogen (secondary N) is 1. The lowest BCUT2D eigenvalue weighted by Gasteiger charge is -2.28. The van der Waals surface area contributed by atoms with Gasteiger partial charge in [-0.2, -0.15) is 0 Å². The number of unbranched alkanes of at least 4 members (excludes halogenated alkanes) is 2.